The molecule has 0 saturated heterocycles. The number of benzene rings is 1. The van der Waals surface area contributed by atoms with Crippen LogP contribution in [-0.2, 0) is 17.8 Å². The van der Waals surface area contributed by atoms with Crippen LogP contribution >= 0.6 is 0 Å². The summed E-state index contributed by atoms with van der Waals surface area (Å²) in [7, 11) is 0. The maximum atomic E-state index is 14.1. The lowest BCUT2D eigenvalue weighted by atomic mass is 10.1. The third kappa shape index (κ3) is 4.28. The molecule has 0 aliphatic carbocycles. The van der Waals surface area contributed by atoms with Crippen LogP contribution in [0.5, 0.6) is 0 Å². The minimum Gasteiger partial charge on any atom is -0.479 e. The van der Waals surface area contributed by atoms with Crippen molar-refractivity contribution in [2.75, 3.05) is 11.9 Å². The number of hydrogen-bond acceptors (Lipinski definition) is 5. The van der Waals surface area contributed by atoms with Gasteiger partial charge in [-0.3, -0.25) is 0 Å². The Morgan fingerprint density at radius 1 is 1.29 bits per heavy atom. The zero-order valence-electron chi connectivity index (χ0n) is 15.4. The Bertz CT molecular complexity index is 896. The van der Waals surface area contributed by atoms with Crippen molar-refractivity contribution in [3.8, 4) is 11.4 Å². The molecule has 4 N–H and O–H groups in total. The zero-order chi connectivity index (χ0) is 20.3. The normalized spacial score (nSPS) is 15.8. The van der Waals surface area contributed by atoms with Gasteiger partial charge in [0.15, 0.2) is 11.4 Å². The first-order chi connectivity index (χ1) is 13.3. The fraction of sp³-hybridized carbons (Fsp3) is 0.444. The molecule has 2 aromatic rings. The van der Waals surface area contributed by atoms with E-state index >= 15 is 0 Å². The highest BCUT2D eigenvalue weighted by Gasteiger charge is 2.30. The van der Waals surface area contributed by atoms with Crippen molar-refractivity contribution < 1.29 is 24.2 Å². The third-order valence-electron chi connectivity index (χ3n) is 4.64. The van der Waals surface area contributed by atoms with Crippen molar-refractivity contribution in [1.82, 2.24) is 20.1 Å². The van der Waals surface area contributed by atoms with Crippen LogP contribution in [-0.4, -0.2) is 49.1 Å². The third-order valence-corrected chi connectivity index (χ3v) is 4.64. The molecule has 1 aromatic carbocycles. The van der Waals surface area contributed by atoms with Crippen LogP contribution in [0.1, 0.15) is 32.0 Å². The Kier molecular flexibility index (Phi) is 5.59. The molecule has 2 heterocycles. The van der Waals surface area contributed by atoms with Crippen LogP contribution in [0.2, 0.25) is 0 Å². The number of halogens is 1. The standard InChI is InChI=1S/C18H22FN5O4/c1-18(28,16(25)26)10-20-17(27)21-13-9-11(6-7-12(13)19)15-23-22-14-5-3-2-4-8-24(14)15/h6-7,9,28H,2-5,8,10H2,1H3,(H,25,26)(H2,20,21,27). The van der Waals surface area contributed by atoms with Gasteiger partial charge in [0.2, 0.25) is 0 Å². The van der Waals surface area contributed by atoms with Crippen molar-refractivity contribution in [3.63, 3.8) is 0 Å². The summed E-state index contributed by atoms with van der Waals surface area (Å²) in [5.74, 6) is -0.637. The van der Waals surface area contributed by atoms with Gasteiger partial charge >= 0.3 is 12.0 Å². The molecular formula is C18H22FN5O4. The molecule has 3 rings (SSSR count). The minimum absolute atomic E-state index is 0.0871. The second-order valence-electron chi connectivity index (χ2n) is 6.98. The number of carboxylic acids is 1. The molecule has 1 aliphatic heterocycles. The van der Waals surface area contributed by atoms with E-state index in [9.17, 15) is 19.1 Å². The average molecular weight is 391 g/mol. The number of aliphatic hydroxyl groups is 1. The number of carboxylic acid groups (broad SMARTS) is 1. The van der Waals surface area contributed by atoms with E-state index in [0.29, 0.717) is 11.4 Å². The lowest BCUT2D eigenvalue weighted by Crippen LogP contribution is -2.47. The van der Waals surface area contributed by atoms with E-state index in [0.717, 1.165) is 45.0 Å². The lowest BCUT2D eigenvalue weighted by molar-refractivity contribution is -0.155. The predicted octanol–water partition coefficient (Wildman–Crippen LogP) is 1.77. The van der Waals surface area contributed by atoms with Crippen molar-refractivity contribution in [2.24, 2.45) is 0 Å². The Labute approximate surface area is 160 Å². The Hall–Kier alpha value is -3.01. The molecule has 1 aromatic heterocycles. The molecule has 28 heavy (non-hydrogen) atoms. The fourth-order valence-corrected chi connectivity index (χ4v) is 2.95. The van der Waals surface area contributed by atoms with Crippen molar-refractivity contribution in [3.05, 3.63) is 29.8 Å². The highest BCUT2D eigenvalue weighted by Crippen LogP contribution is 2.26. The van der Waals surface area contributed by atoms with Gasteiger partial charge in [-0.15, -0.1) is 10.2 Å². The van der Waals surface area contributed by atoms with Gasteiger partial charge in [0.25, 0.3) is 0 Å². The second kappa shape index (κ2) is 7.93. The number of nitrogens with one attached hydrogen (secondary N) is 2. The first-order valence-electron chi connectivity index (χ1n) is 9.00. The highest BCUT2D eigenvalue weighted by atomic mass is 19.1. The molecule has 2 amide bonds. The number of carbonyl (C=O) groups excluding carboxylic acids is 1. The molecule has 0 radical (unpaired) electrons. The number of fused-ring (bicyclic) bond motifs is 1. The summed E-state index contributed by atoms with van der Waals surface area (Å²) < 4.78 is 16.2. The molecule has 0 bridgehead atoms. The van der Waals surface area contributed by atoms with Crippen LogP contribution < -0.4 is 10.6 Å². The molecule has 0 fully saturated rings. The number of aliphatic carboxylic acids is 1. The molecule has 1 aliphatic rings. The molecule has 10 heteroatoms. The Morgan fingerprint density at radius 2 is 2.07 bits per heavy atom. The number of hydrogen-bond donors (Lipinski definition) is 4. The largest absolute Gasteiger partial charge is 0.479 e. The Morgan fingerprint density at radius 3 is 2.82 bits per heavy atom. The fourth-order valence-electron chi connectivity index (χ4n) is 2.95. The van der Waals surface area contributed by atoms with Gasteiger partial charge in [-0.2, -0.15) is 0 Å². The summed E-state index contributed by atoms with van der Waals surface area (Å²) in [5, 5.41) is 31.5. The molecule has 150 valence electrons. The second-order valence-corrected chi connectivity index (χ2v) is 6.98. The SMILES string of the molecule is CC(O)(CNC(=O)Nc1cc(-c2nnc3n2CCCCC3)ccc1F)C(=O)O. The summed E-state index contributed by atoms with van der Waals surface area (Å²) in [6, 6.07) is 3.40. The quantitative estimate of drug-likeness (QED) is 0.615. The maximum absolute atomic E-state index is 14.1. The van der Waals surface area contributed by atoms with E-state index < -0.39 is 30.0 Å². The van der Waals surface area contributed by atoms with E-state index in [1.165, 1.54) is 12.1 Å². The van der Waals surface area contributed by atoms with Crippen LogP contribution in [0.25, 0.3) is 11.4 Å². The molecule has 0 spiro atoms. The molecule has 1 unspecified atom stereocenters. The number of amides is 2. The number of urea groups is 1. The van der Waals surface area contributed by atoms with Gasteiger partial charge in [0.1, 0.15) is 11.6 Å². The van der Waals surface area contributed by atoms with E-state index in [4.69, 9.17) is 5.11 Å². The van der Waals surface area contributed by atoms with Crippen LogP contribution in [0.15, 0.2) is 18.2 Å². The monoisotopic (exact) mass is 391 g/mol. The van der Waals surface area contributed by atoms with E-state index in [-0.39, 0.29) is 5.69 Å². The van der Waals surface area contributed by atoms with Gasteiger partial charge in [-0.1, -0.05) is 6.42 Å². The predicted molar refractivity (Wildman–Crippen MR) is 98.3 cm³/mol. The van der Waals surface area contributed by atoms with Gasteiger partial charge in [-0.25, -0.2) is 14.0 Å². The number of anilines is 1. The number of carbonyl (C=O) groups is 2. The van der Waals surface area contributed by atoms with Gasteiger partial charge in [0.05, 0.1) is 12.2 Å². The summed E-state index contributed by atoms with van der Waals surface area (Å²) in [4.78, 5) is 22.9. The summed E-state index contributed by atoms with van der Waals surface area (Å²) in [5.41, 5.74) is -1.61. The first-order valence-corrected chi connectivity index (χ1v) is 9.00. The van der Waals surface area contributed by atoms with Gasteiger partial charge < -0.3 is 25.4 Å². The number of aromatic nitrogens is 3. The Balaban J connectivity index is 1.76. The number of aryl methyl sites for hydroxylation is 1. The van der Waals surface area contributed by atoms with Crippen LogP contribution in [0.4, 0.5) is 14.9 Å². The van der Waals surface area contributed by atoms with Crippen LogP contribution in [0.3, 0.4) is 0 Å². The molecule has 9 nitrogen and oxygen atoms in total. The summed E-state index contributed by atoms with van der Waals surface area (Å²) in [6.07, 6.45) is 4.01. The van der Waals surface area contributed by atoms with E-state index in [1.807, 2.05) is 4.57 Å². The van der Waals surface area contributed by atoms with Crippen LogP contribution in [0, 0.1) is 5.82 Å². The van der Waals surface area contributed by atoms with Gasteiger partial charge in [0, 0.05) is 18.5 Å². The van der Waals surface area contributed by atoms with E-state index in [1.54, 1.807) is 6.07 Å². The highest BCUT2D eigenvalue weighted by molar-refractivity contribution is 5.90. The van der Waals surface area contributed by atoms with Crippen molar-refractivity contribution in [2.45, 2.75) is 44.8 Å². The summed E-state index contributed by atoms with van der Waals surface area (Å²) in [6.45, 7) is 1.30. The van der Waals surface area contributed by atoms with Crippen molar-refractivity contribution >= 4 is 17.7 Å². The maximum Gasteiger partial charge on any atom is 0.337 e. The lowest BCUT2D eigenvalue weighted by Gasteiger charge is -2.18. The molecular weight excluding hydrogens is 369 g/mol. The van der Waals surface area contributed by atoms with Crippen molar-refractivity contribution in [1.29, 1.82) is 0 Å². The molecule has 0 saturated carbocycles. The van der Waals surface area contributed by atoms with Gasteiger partial charge in [-0.05, 0) is 38.0 Å². The first kappa shape index (κ1) is 19.7. The summed E-state index contributed by atoms with van der Waals surface area (Å²) >= 11 is 0. The topological polar surface area (TPSA) is 129 Å². The number of rotatable bonds is 5. The van der Waals surface area contributed by atoms with E-state index in [2.05, 4.69) is 20.8 Å². The smallest absolute Gasteiger partial charge is 0.337 e. The number of nitrogens with zero attached hydrogens (tertiary/aromatic N) is 3. The molecule has 1 atom stereocenters. The average Bonchev–Trinajstić information content (AvgIpc) is 2.90. The zero-order valence-corrected chi connectivity index (χ0v) is 15.4. The minimum atomic E-state index is -2.13.